The largest absolute Gasteiger partial charge is 0.496 e. The lowest BCUT2D eigenvalue weighted by molar-refractivity contribution is -0.0366. The lowest BCUT2D eigenvalue weighted by atomic mass is 10.1. The van der Waals surface area contributed by atoms with E-state index in [2.05, 4.69) is 6.92 Å². The van der Waals surface area contributed by atoms with Gasteiger partial charge in [-0.3, -0.25) is 9.59 Å². The second kappa shape index (κ2) is 9.89. The zero-order chi connectivity index (χ0) is 20.8. The number of thiophene rings is 1. The molecule has 6 nitrogen and oxygen atoms in total. The standard InChI is InChI=1S/C22H28N2O4S/c1-4-16(2)24(21(25)18-8-5-6-9-19(18)27-3)15-17-14-23(11-12-28-17)22(26)20-10-7-13-29-20/h5-10,13,16-17H,4,11-12,14-15H2,1-3H3/t16-,17-/m1/s1. The molecule has 0 saturated carbocycles. The summed E-state index contributed by atoms with van der Waals surface area (Å²) in [5.74, 6) is 0.506. The quantitative estimate of drug-likeness (QED) is 0.693. The Morgan fingerprint density at radius 3 is 2.79 bits per heavy atom. The number of methoxy groups -OCH3 is 1. The van der Waals surface area contributed by atoms with Gasteiger partial charge < -0.3 is 19.3 Å². The van der Waals surface area contributed by atoms with Gasteiger partial charge in [-0.1, -0.05) is 25.1 Å². The Morgan fingerprint density at radius 2 is 2.10 bits per heavy atom. The van der Waals surface area contributed by atoms with Crippen LogP contribution in [0.4, 0.5) is 0 Å². The van der Waals surface area contributed by atoms with Gasteiger partial charge in [-0.2, -0.15) is 0 Å². The zero-order valence-corrected chi connectivity index (χ0v) is 18.0. The number of carbonyl (C=O) groups excluding carboxylic acids is 2. The highest BCUT2D eigenvalue weighted by molar-refractivity contribution is 7.12. The average Bonchev–Trinajstić information content (AvgIpc) is 3.31. The number of benzene rings is 1. The third-order valence-electron chi connectivity index (χ3n) is 5.28. The van der Waals surface area contributed by atoms with Gasteiger partial charge in [0.1, 0.15) is 5.75 Å². The summed E-state index contributed by atoms with van der Waals surface area (Å²) in [4.78, 5) is 30.4. The van der Waals surface area contributed by atoms with Crippen LogP contribution < -0.4 is 4.74 Å². The first-order chi connectivity index (χ1) is 14.0. The molecule has 1 aromatic carbocycles. The van der Waals surface area contributed by atoms with Crippen molar-refractivity contribution in [2.75, 3.05) is 33.4 Å². The molecule has 2 heterocycles. The normalized spacial score (nSPS) is 17.6. The number of rotatable bonds is 7. The Morgan fingerprint density at radius 1 is 1.31 bits per heavy atom. The minimum Gasteiger partial charge on any atom is -0.496 e. The summed E-state index contributed by atoms with van der Waals surface area (Å²) in [5.41, 5.74) is 0.539. The average molecular weight is 417 g/mol. The van der Waals surface area contributed by atoms with Crippen LogP contribution in [0.5, 0.6) is 5.75 Å². The van der Waals surface area contributed by atoms with E-state index < -0.39 is 0 Å². The van der Waals surface area contributed by atoms with Crippen molar-refractivity contribution < 1.29 is 19.1 Å². The molecule has 0 N–H and O–H groups in total. The number of para-hydroxylation sites is 1. The highest BCUT2D eigenvalue weighted by Crippen LogP contribution is 2.22. The van der Waals surface area contributed by atoms with E-state index in [1.807, 2.05) is 46.4 Å². The van der Waals surface area contributed by atoms with Crippen molar-refractivity contribution in [3.05, 3.63) is 52.2 Å². The van der Waals surface area contributed by atoms with Gasteiger partial charge in [-0.05, 0) is 36.9 Å². The molecule has 2 aromatic rings. The molecule has 1 saturated heterocycles. The molecule has 0 unspecified atom stereocenters. The van der Waals surface area contributed by atoms with E-state index in [9.17, 15) is 9.59 Å². The van der Waals surface area contributed by atoms with Crippen LogP contribution in [0, 0.1) is 0 Å². The van der Waals surface area contributed by atoms with Crippen LogP contribution in [0.3, 0.4) is 0 Å². The molecule has 1 aromatic heterocycles. The monoisotopic (exact) mass is 416 g/mol. The molecule has 0 aliphatic carbocycles. The van der Waals surface area contributed by atoms with E-state index in [-0.39, 0.29) is 24.0 Å². The maximum atomic E-state index is 13.3. The van der Waals surface area contributed by atoms with Crippen LogP contribution in [0.2, 0.25) is 0 Å². The maximum absolute atomic E-state index is 13.3. The molecule has 1 aliphatic heterocycles. The second-order valence-corrected chi connectivity index (χ2v) is 8.08. The van der Waals surface area contributed by atoms with Crippen molar-refractivity contribution in [2.45, 2.75) is 32.4 Å². The highest BCUT2D eigenvalue weighted by atomic mass is 32.1. The molecule has 2 amide bonds. The number of nitrogens with zero attached hydrogens (tertiary/aromatic N) is 2. The fourth-order valence-electron chi connectivity index (χ4n) is 3.45. The Bertz CT molecular complexity index is 824. The van der Waals surface area contributed by atoms with Crippen molar-refractivity contribution in [3.63, 3.8) is 0 Å². The van der Waals surface area contributed by atoms with E-state index in [1.165, 1.54) is 11.3 Å². The van der Waals surface area contributed by atoms with Gasteiger partial charge >= 0.3 is 0 Å². The molecule has 0 radical (unpaired) electrons. The number of morpholine rings is 1. The first-order valence-electron chi connectivity index (χ1n) is 9.93. The Labute approximate surface area is 176 Å². The van der Waals surface area contributed by atoms with Gasteiger partial charge in [0.2, 0.25) is 0 Å². The Kier molecular flexibility index (Phi) is 7.28. The van der Waals surface area contributed by atoms with Crippen LogP contribution >= 0.6 is 11.3 Å². The minimum atomic E-state index is -0.222. The predicted octanol–water partition coefficient (Wildman–Crippen LogP) is 3.54. The van der Waals surface area contributed by atoms with Crippen molar-refractivity contribution in [3.8, 4) is 5.75 Å². The molecular formula is C22H28N2O4S. The summed E-state index contributed by atoms with van der Waals surface area (Å²) in [6, 6.07) is 11.0. The van der Waals surface area contributed by atoms with Crippen molar-refractivity contribution >= 4 is 23.2 Å². The van der Waals surface area contributed by atoms with Gasteiger partial charge in [-0.25, -0.2) is 0 Å². The van der Waals surface area contributed by atoms with E-state index >= 15 is 0 Å². The van der Waals surface area contributed by atoms with Gasteiger partial charge in [-0.15, -0.1) is 11.3 Å². The van der Waals surface area contributed by atoms with Crippen LogP contribution in [0.15, 0.2) is 41.8 Å². The fourth-order valence-corrected chi connectivity index (χ4v) is 4.14. The topological polar surface area (TPSA) is 59.1 Å². The molecule has 156 valence electrons. The van der Waals surface area contributed by atoms with Gasteiger partial charge in [0.05, 0.1) is 30.3 Å². The van der Waals surface area contributed by atoms with Crippen LogP contribution in [0.1, 0.15) is 40.3 Å². The number of carbonyl (C=O) groups is 2. The van der Waals surface area contributed by atoms with E-state index in [0.717, 1.165) is 11.3 Å². The summed E-state index contributed by atoms with van der Waals surface area (Å²) >= 11 is 1.44. The van der Waals surface area contributed by atoms with E-state index in [1.54, 1.807) is 19.2 Å². The third-order valence-corrected chi connectivity index (χ3v) is 6.14. The fraction of sp³-hybridized carbons (Fsp3) is 0.455. The molecule has 1 aliphatic rings. The van der Waals surface area contributed by atoms with Gasteiger partial charge in [0.25, 0.3) is 11.8 Å². The lowest BCUT2D eigenvalue weighted by Gasteiger charge is -2.37. The smallest absolute Gasteiger partial charge is 0.264 e. The predicted molar refractivity (Wildman–Crippen MR) is 114 cm³/mol. The molecule has 3 rings (SSSR count). The van der Waals surface area contributed by atoms with Gasteiger partial charge in [0.15, 0.2) is 0 Å². The molecule has 29 heavy (non-hydrogen) atoms. The summed E-state index contributed by atoms with van der Waals surface area (Å²) in [5, 5.41) is 1.90. The summed E-state index contributed by atoms with van der Waals surface area (Å²) in [7, 11) is 1.57. The molecule has 7 heteroatoms. The molecular weight excluding hydrogens is 388 g/mol. The Balaban J connectivity index is 1.74. The molecule has 0 spiro atoms. The Hall–Kier alpha value is -2.38. The molecule has 2 atom stereocenters. The SMILES string of the molecule is CC[C@@H](C)N(C[C@H]1CN(C(=O)c2cccs2)CCO1)C(=O)c1ccccc1OC. The van der Waals surface area contributed by atoms with Gasteiger partial charge in [0, 0.05) is 25.7 Å². The van der Waals surface area contributed by atoms with Crippen molar-refractivity contribution in [1.82, 2.24) is 9.80 Å². The van der Waals surface area contributed by atoms with Crippen LogP contribution in [-0.2, 0) is 4.74 Å². The summed E-state index contributed by atoms with van der Waals surface area (Å²) < 4.78 is 11.3. The van der Waals surface area contributed by atoms with Crippen molar-refractivity contribution in [2.24, 2.45) is 0 Å². The minimum absolute atomic E-state index is 0.0273. The molecule has 1 fully saturated rings. The first-order valence-corrected chi connectivity index (χ1v) is 10.8. The number of hydrogen-bond acceptors (Lipinski definition) is 5. The summed E-state index contributed by atoms with van der Waals surface area (Å²) in [6.45, 7) is 6.03. The third kappa shape index (κ3) is 4.97. The number of amides is 2. The molecule has 0 bridgehead atoms. The maximum Gasteiger partial charge on any atom is 0.264 e. The number of ether oxygens (including phenoxy) is 2. The lowest BCUT2D eigenvalue weighted by Crippen LogP contribution is -2.52. The second-order valence-electron chi connectivity index (χ2n) is 7.14. The zero-order valence-electron chi connectivity index (χ0n) is 17.2. The first kappa shape index (κ1) is 21.3. The van der Waals surface area contributed by atoms with E-state index in [4.69, 9.17) is 9.47 Å². The summed E-state index contributed by atoms with van der Waals surface area (Å²) in [6.07, 6.45) is 0.603. The van der Waals surface area contributed by atoms with Crippen LogP contribution in [0.25, 0.3) is 0 Å². The highest BCUT2D eigenvalue weighted by Gasteiger charge is 2.31. The van der Waals surface area contributed by atoms with Crippen LogP contribution in [-0.4, -0.2) is 67.1 Å². The van der Waals surface area contributed by atoms with E-state index in [0.29, 0.717) is 37.6 Å². The van der Waals surface area contributed by atoms with Crippen molar-refractivity contribution in [1.29, 1.82) is 0 Å². The number of hydrogen-bond donors (Lipinski definition) is 0.